The number of nitrogens with zero attached hydrogens (tertiary/aromatic N) is 3. The van der Waals surface area contributed by atoms with Crippen molar-refractivity contribution in [3.05, 3.63) is 71.3 Å². The number of hydrogen-bond acceptors (Lipinski definition) is 4. The predicted octanol–water partition coefficient (Wildman–Crippen LogP) is 4.64. The van der Waals surface area contributed by atoms with Crippen LogP contribution in [0.5, 0.6) is 0 Å². The maximum atomic E-state index is 5.95. The van der Waals surface area contributed by atoms with Gasteiger partial charge in [-0.2, -0.15) is 5.10 Å². The van der Waals surface area contributed by atoms with Crippen LogP contribution in [-0.2, 0) is 12.3 Å². The van der Waals surface area contributed by atoms with Gasteiger partial charge < -0.3 is 5.73 Å². The Balaban J connectivity index is 1.51. The van der Waals surface area contributed by atoms with E-state index in [1.54, 1.807) is 6.21 Å². The first kappa shape index (κ1) is 19.6. The van der Waals surface area contributed by atoms with Gasteiger partial charge in [0.15, 0.2) is 5.17 Å². The number of amidine groups is 1. The summed E-state index contributed by atoms with van der Waals surface area (Å²) in [5, 5.41) is 8.75. The van der Waals surface area contributed by atoms with Crippen LogP contribution >= 0.6 is 11.8 Å². The Bertz CT molecular complexity index is 750. The van der Waals surface area contributed by atoms with Gasteiger partial charge in [-0.05, 0) is 48.7 Å². The summed E-state index contributed by atoms with van der Waals surface area (Å²) < 4.78 is 0. The van der Waals surface area contributed by atoms with Gasteiger partial charge in [-0.3, -0.25) is 4.90 Å². The maximum Gasteiger partial charge on any atom is 0.180 e. The van der Waals surface area contributed by atoms with E-state index in [-0.39, 0.29) is 0 Å². The first-order valence-corrected chi connectivity index (χ1v) is 10.6. The van der Waals surface area contributed by atoms with E-state index in [4.69, 9.17) is 5.73 Å². The largest absolute Gasteiger partial charge is 0.377 e. The lowest BCUT2D eigenvalue weighted by Gasteiger charge is -2.19. The molecule has 0 amide bonds. The highest BCUT2D eigenvalue weighted by atomic mass is 32.2. The highest BCUT2D eigenvalue weighted by Gasteiger charge is 2.09. The van der Waals surface area contributed by atoms with Gasteiger partial charge in [-0.25, -0.2) is 0 Å². The fourth-order valence-electron chi connectivity index (χ4n) is 3.24. The van der Waals surface area contributed by atoms with Gasteiger partial charge in [0.25, 0.3) is 0 Å². The van der Waals surface area contributed by atoms with Gasteiger partial charge in [0.1, 0.15) is 0 Å². The van der Waals surface area contributed by atoms with Crippen LogP contribution in [0.2, 0.25) is 0 Å². The summed E-state index contributed by atoms with van der Waals surface area (Å²) in [4.78, 5) is 2.56. The molecule has 27 heavy (non-hydrogen) atoms. The molecule has 0 saturated carbocycles. The second-order valence-electron chi connectivity index (χ2n) is 6.89. The first-order chi connectivity index (χ1) is 13.3. The molecule has 0 aromatic heterocycles. The third kappa shape index (κ3) is 7.19. The molecule has 1 aliphatic heterocycles. The fraction of sp³-hybridized carbons (Fsp3) is 0.364. The fourth-order valence-corrected chi connectivity index (χ4v) is 3.85. The summed E-state index contributed by atoms with van der Waals surface area (Å²) >= 11 is 1.50. The SMILES string of the molecule is NC(=NN=Cc1cccc(CN2CCCCCC2)c1)SCc1ccccc1. The smallest absolute Gasteiger partial charge is 0.180 e. The summed E-state index contributed by atoms with van der Waals surface area (Å²) in [6, 6.07) is 18.8. The molecule has 2 aromatic carbocycles. The number of likely N-dealkylation sites (tertiary alicyclic amines) is 1. The quantitative estimate of drug-likeness (QED) is 0.451. The summed E-state index contributed by atoms with van der Waals surface area (Å²) in [5.41, 5.74) is 9.57. The lowest BCUT2D eigenvalue weighted by Crippen LogP contribution is -2.23. The molecular weight excluding hydrogens is 352 g/mol. The highest BCUT2D eigenvalue weighted by molar-refractivity contribution is 8.13. The van der Waals surface area contributed by atoms with Gasteiger partial charge >= 0.3 is 0 Å². The van der Waals surface area contributed by atoms with Crippen molar-refractivity contribution < 1.29 is 0 Å². The van der Waals surface area contributed by atoms with Crippen LogP contribution in [0.25, 0.3) is 0 Å². The van der Waals surface area contributed by atoms with E-state index in [0.717, 1.165) is 17.9 Å². The van der Waals surface area contributed by atoms with E-state index in [0.29, 0.717) is 5.17 Å². The van der Waals surface area contributed by atoms with Crippen LogP contribution in [0.1, 0.15) is 42.4 Å². The number of thioether (sulfide) groups is 1. The lowest BCUT2D eigenvalue weighted by molar-refractivity contribution is 0.277. The molecule has 0 aliphatic carbocycles. The van der Waals surface area contributed by atoms with Crippen LogP contribution in [0, 0.1) is 0 Å². The van der Waals surface area contributed by atoms with Gasteiger partial charge in [0, 0.05) is 12.3 Å². The van der Waals surface area contributed by atoms with E-state index in [1.165, 1.54) is 61.7 Å². The maximum absolute atomic E-state index is 5.95. The molecule has 1 saturated heterocycles. The average Bonchev–Trinajstić information content (AvgIpc) is 2.96. The molecular formula is C22H28N4S. The van der Waals surface area contributed by atoms with Crippen molar-refractivity contribution in [1.29, 1.82) is 0 Å². The lowest BCUT2D eigenvalue weighted by atomic mass is 10.1. The molecule has 2 N–H and O–H groups in total. The second kappa shape index (κ2) is 10.9. The minimum atomic E-state index is 0.482. The van der Waals surface area contributed by atoms with Crippen molar-refractivity contribution in [2.75, 3.05) is 13.1 Å². The Labute approximate surface area is 166 Å². The number of nitrogens with two attached hydrogens (primary N) is 1. The number of hydrogen-bond donors (Lipinski definition) is 1. The molecule has 0 unspecified atom stereocenters. The Kier molecular flexibility index (Phi) is 7.93. The van der Waals surface area contributed by atoms with Crippen LogP contribution in [0.3, 0.4) is 0 Å². The molecule has 3 rings (SSSR count). The molecule has 0 atom stereocenters. The van der Waals surface area contributed by atoms with Crippen molar-refractivity contribution in [3.63, 3.8) is 0 Å². The summed E-state index contributed by atoms with van der Waals surface area (Å²) in [6.45, 7) is 3.43. The molecule has 4 nitrogen and oxygen atoms in total. The van der Waals surface area contributed by atoms with E-state index in [9.17, 15) is 0 Å². The first-order valence-electron chi connectivity index (χ1n) is 9.64. The zero-order valence-electron chi connectivity index (χ0n) is 15.8. The Morgan fingerprint density at radius 1 is 0.963 bits per heavy atom. The van der Waals surface area contributed by atoms with Crippen molar-refractivity contribution in [2.45, 2.75) is 38.0 Å². The van der Waals surface area contributed by atoms with Crippen molar-refractivity contribution in [2.24, 2.45) is 15.9 Å². The third-order valence-corrected chi connectivity index (χ3v) is 5.50. The van der Waals surface area contributed by atoms with Gasteiger partial charge in [-0.1, -0.05) is 73.1 Å². The van der Waals surface area contributed by atoms with Crippen LogP contribution in [0.15, 0.2) is 64.8 Å². The average molecular weight is 381 g/mol. The number of benzene rings is 2. The topological polar surface area (TPSA) is 54.0 Å². The van der Waals surface area contributed by atoms with Gasteiger partial charge in [0.2, 0.25) is 0 Å². The van der Waals surface area contributed by atoms with Crippen LogP contribution in [0.4, 0.5) is 0 Å². The van der Waals surface area contributed by atoms with E-state index in [2.05, 4.69) is 51.5 Å². The Morgan fingerprint density at radius 2 is 1.70 bits per heavy atom. The van der Waals surface area contributed by atoms with Gasteiger partial charge in [-0.15, -0.1) is 5.10 Å². The molecule has 0 radical (unpaired) electrons. The predicted molar refractivity (Wildman–Crippen MR) is 117 cm³/mol. The molecule has 5 heteroatoms. The molecule has 1 heterocycles. The van der Waals surface area contributed by atoms with Crippen molar-refractivity contribution in [3.8, 4) is 0 Å². The second-order valence-corrected chi connectivity index (χ2v) is 7.89. The zero-order chi connectivity index (χ0) is 18.7. The monoisotopic (exact) mass is 380 g/mol. The van der Waals surface area contributed by atoms with E-state index in [1.807, 2.05) is 18.2 Å². The summed E-state index contributed by atoms with van der Waals surface area (Å²) in [7, 11) is 0. The normalized spacial score (nSPS) is 16.5. The zero-order valence-corrected chi connectivity index (χ0v) is 16.6. The Hall–Kier alpha value is -2.11. The minimum Gasteiger partial charge on any atom is -0.377 e. The summed E-state index contributed by atoms with van der Waals surface area (Å²) in [5.74, 6) is 0.803. The molecule has 142 valence electrons. The molecule has 1 aliphatic rings. The molecule has 0 bridgehead atoms. The minimum absolute atomic E-state index is 0.482. The van der Waals surface area contributed by atoms with Crippen molar-refractivity contribution in [1.82, 2.24) is 4.90 Å². The third-order valence-electron chi connectivity index (χ3n) is 4.65. The van der Waals surface area contributed by atoms with E-state index >= 15 is 0 Å². The van der Waals surface area contributed by atoms with Crippen LogP contribution < -0.4 is 5.73 Å². The highest BCUT2D eigenvalue weighted by Crippen LogP contribution is 2.14. The Morgan fingerprint density at radius 3 is 2.48 bits per heavy atom. The van der Waals surface area contributed by atoms with Crippen molar-refractivity contribution >= 4 is 23.1 Å². The number of rotatable bonds is 6. The summed E-state index contributed by atoms with van der Waals surface area (Å²) in [6.07, 6.45) is 7.14. The van der Waals surface area contributed by atoms with Crippen LogP contribution in [-0.4, -0.2) is 29.4 Å². The molecule has 0 spiro atoms. The molecule has 1 fully saturated rings. The van der Waals surface area contributed by atoms with Gasteiger partial charge in [0.05, 0.1) is 6.21 Å². The van der Waals surface area contributed by atoms with E-state index < -0.39 is 0 Å². The molecule has 2 aromatic rings. The standard InChI is InChI=1S/C22H28N4S/c23-22(27-18-19-9-4-3-5-10-19)25-24-16-20-11-8-12-21(15-20)17-26-13-6-1-2-7-14-26/h3-5,8-12,15-16H,1-2,6-7,13-14,17-18H2,(H2,23,25).